The third-order valence-electron chi connectivity index (χ3n) is 2.89. The number of benzene rings is 1. The number of carboxylic acids is 1. The van der Waals surface area contributed by atoms with Crippen LogP contribution < -0.4 is 5.32 Å². The van der Waals surface area contributed by atoms with Gasteiger partial charge in [-0.1, -0.05) is 13.0 Å². The quantitative estimate of drug-likeness (QED) is 0.750. The van der Waals surface area contributed by atoms with Gasteiger partial charge in [0.05, 0.1) is 5.56 Å². The van der Waals surface area contributed by atoms with Gasteiger partial charge in [0.25, 0.3) is 0 Å². The van der Waals surface area contributed by atoms with E-state index in [1.165, 1.54) is 12.1 Å². The molecule has 0 saturated carbocycles. The molecule has 19 heavy (non-hydrogen) atoms. The SMILES string of the molecule is CC(CCNCc1ccc(C(=O)O)c(F)c1)S(C)=O. The first-order chi connectivity index (χ1) is 8.91. The fourth-order valence-electron chi connectivity index (χ4n) is 1.55. The van der Waals surface area contributed by atoms with Gasteiger partial charge in [0.1, 0.15) is 5.82 Å². The number of rotatable bonds is 7. The van der Waals surface area contributed by atoms with E-state index in [2.05, 4.69) is 5.32 Å². The molecule has 1 aromatic carbocycles. The Bertz CT molecular complexity index is 479. The van der Waals surface area contributed by atoms with Crippen LogP contribution in [0.3, 0.4) is 0 Å². The lowest BCUT2D eigenvalue weighted by Crippen LogP contribution is -2.21. The zero-order chi connectivity index (χ0) is 14.4. The van der Waals surface area contributed by atoms with Crippen LogP contribution in [0.1, 0.15) is 29.3 Å². The molecule has 1 aromatic rings. The van der Waals surface area contributed by atoms with Gasteiger partial charge in [0.2, 0.25) is 0 Å². The zero-order valence-corrected chi connectivity index (χ0v) is 11.8. The average Bonchev–Trinajstić information content (AvgIpc) is 2.33. The van der Waals surface area contributed by atoms with Crippen molar-refractivity contribution in [2.24, 2.45) is 0 Å². The Morgan fingerprint density at radius 3 is 2.74 bits per heavy atom. The smallest absolute Gasteiger partial charge is 0.338 e. The van der Waals surface area contributed by atoms with Crippen LogP contribution in [0.25, 0.3) is 0 Å². The highest BCUT2D eigenvalue weighted by Crippen LogP contribution is 2.10. The van der Waals surface area contributed by atoms with E-state index in [9.17, 15) is 13.4 Å². The second-order valence-corrected chi connectivity index (χ2v) is 6.20. The molecule has 4 nitrogen and oxygen atoms in total. The fraction of sp³-hybridized carbons (Fsp3) is 0.462. The Kier molecular flexibility index (Phi) is 6.11. The van der Waals surface area contributed by atoms with Gasteiger partial charge in [-0.3, -0.25) is 4.21 Å². The molecule has 0 amide bonds. The maximum atomic E-state index is 13.4. The van der Waals surface area contributed by atoms with Crippen LogP contribution >= 0.6 is 0 Å². The van der Waals surface area contributed by atoms with Gasteiger partial charge >= 0.3 is 5.97 Å². The topological polar surface area (TPSA) is 66.4 Å². The minimum Gasteiger partial charge on any atom is -0.478 e. The van der Waals surface area contributed by atoms with Crippen molar-refractivity contribution in [3.63, 3.8) is 0 Å². The molecule has 0 saturated heterocycles. The van der Waals surface area contributed by atoms with Crippen molar-refractivity contribution in [2.45, 2.75) is 25.1 Å². The van der Waals surface area contributed by atoms with Crippen LogP contribution in [0.5, 0.6) is 0 Å². The van der Waals surface area contributed by atoms with Crippen LogP contribution in [0.2, 0.25) is 0 Å². The van der Waals surface area contributed by atoms with E-state index in [4.69, 9.17) is 5.11 Å². The number of hydrogen-bond acceptors (Lipinski definition) is 3. The van der Waals surface area contributed by atoms with Gasteiger partial charge in [0, 0.05) is 28.9 Å². The first-order valence-corrected chi connectivity index (χ1v) is 7.58. The summed E-state index contributed by atoms with van der Waals surface area (Å²) >= 11 is 0. The lowest BCUT2D eigenvalue weighted by molar-refractivity contribution is 0.0692. The summed E-state index contributed by atoms with van der Waals surface area (Å²) in [4.78, 5) is 10.6. The second-order valence-electron chi connectivity index (χ2n) is 4.39. The molecule has 0 aliphatic rings. The molecule has 0 aliphatic carbocycles. The highest BCUT2D eigenvalue weighted by Gasteiger charge is 2.10. The number of hydrogen-bond donors (Lipinski definition) is 2. The monoisotopic (exact) mass is 287 g/mol. The summed E-state index contributed by atoms with van der Waals surface area (Å²) in [6.07, 6.45) is 2.45. The minimum absolute atomic E-state index is 0.124. The summed E-state index contributed by atoms with van der Waals surface area (Å²) in [6.45, 7) is 3.06. The maximum absolute atomic E-state index is 13.4. The Morgan fingerprint density at radius 2 is 2.21 bits per heavy atom. The summed E-state index contributed by atoms with van der Waals surface area (Å²) in [5.41, 5.74) is 0.367. The van der Waals surface area contributed by atoms with E-state index < -0.39 is 22.6 Å². The second kappa shape index (κ2) is 7.35. The summed E-state index contributed by atoms with van der Waals surface area (Å²) < 4.78 is 24.5. The molecule has 0 aliphatic heterocycles. The van der Waals surface area contributed by atoms with Crippen molar-refractivity contribution in [3.8, 4) is 0 Å². The lowest BCUT2D eigenvalue weighted by atomic mass is 10.1. The third kappa shape index (κ3) is 5.08. The van der Waals surface area contributed by atoms with Crippen molar-refractivity contribution >= 4 is 16.8 Å². The average molecular weight is 287 g/mol. The summed E-state index contributed by atoms with van der Waals surface area (Å²) in [5, 5.41) is 11.9. The third-order valence-corrected chi connectivity index (χ3v) is 4.26. The maximum Gasteiger partial charge on any atom is 0.338 e. The van der Waals surface area contributed by atoms with E-state index >= 15 is 0 Å². The van der Waals surface area contributed by atoms with Crippen LogP contribution in [0, 0.1) is 5.82 Å². The van der Waals surface area contributed by atoms with Crippen molar-refractivity contribution in [1.82, 2.24) is 5.32 Å². The molecule has 0 bridgehead atoms. The van der Waals surface area contributed by atoms with Crippen LogP contribution in [0.15, 0.2) is 18.2 Å². The number of aromatic carboxylic acids is 1. The van der Waals surface area contributed by atoms with Crippen LogP contribution in [-0.2, 0) is 17.3 Å². The highest BCUT2D eigenvalue weighted by atomic mass is 32.2. The first-order valence-electron chi connectivity index (χ1n) is 5.96. The molecule has 106 valence electrons. The molecule has 6 heteroatoms. The summed E-state index contributed by atoms with van der Waals surface area (Å²) in [5.74, 6) is -1.99. The molecule has 2 unspecified atom stereocenters. The van der Waals surface area contributed by atoms with Gasteiger partial charge in [-0.15, -0.1) is 0 Å². The molecule has 2 N–H and O–H groups in total. The number of carbonyl (C=O) groups is 1. The van der Waals surface area contributed by atoms with E-state index in [-0.39, 0.29) is 10.8 Å². The van der Waals surface area contributed by atoms with Gasteiger partial charge < -0.3 is 10.4 Å². The van der Waals surface area contributed by atoms with Gasteiger partial charge in [-0.05, 0) is 30.7 Å². The van der Waals surface area contributed by atoms with Crippen LogP contribution in [0.4, 0.5) is 4.39 Å². The first kappa shape index (κ1) is 15.8. The Balaban J connectivity index is 2.44. The molecule has 0 heterocycles. The van der Waals surface area contributed by atoms with E-state index in [1.54, 1.807) is 12.3 Å². The molecule has 0 spiro atoms. The predicted molar refractivity (Wildman–Crippen MR) is 73.2 cm³/mol. The lowest BCUT2D eigenvalue weighted by Gasteiger charge is -2.09. The van der Waals surface area contributed by atoms with E-state index in [0.29, 0.717) is 18.7 Å². The highest BCUT2D eigenvalue weighted by molar-refractivity contribution is 7.84. The molecule has 2 atom stereocenters. The molecular formula is C13H18FNO3S. The molecular weight excluding hydrogens is 269 g/mol. The zero-order valence-electron chi connectivity index (χ0n) is 11.0. The fourth-order valence-corrected chi connectivity index (χ4v) is 2.00. The van der Waals surface area contributed by atoms with Crippen LogP contribution in [-0.4, -0.2) is 33.3 Å². The van der Waals surface area contributed by atoms with Gasteiger partial charge in [0.15, 0.2) is 0 Å². The van der Waals surface area contributed by atoms with Crippen molar-refractivity contribution in [2.75, 3.05) is 12.8 Å². The summed E-state index contributed by atoms with van der Waals surface area (Å²) in [6, 6.07) is 4.07. The standard InChI is InChI=1S/C13H18FNO3S/c1-9(19(2)18)5-6-15-8-10-3-4-11(13(16)17)12(14)7-10/h3-4,7,9,15H,5-6,8H2,1-2H3,(H,16,17). The van der Waals surface area contributed by atoms with E-state index in [0.717, 1.165) is 6.42 Å². The molecule has 0 radical (unpaired) electrons. The molecule has 1 rings (SSSR count). The van der Waals surface area contributed by atoms with E-state index in [1.807, 2.05) is 6.92 Å². The summed E-state index contributed by atoms with van der Waals surface area (Å²) in [7, 11) is -0.836. The minimum atomic E-state index is -1.27. The van der Waals surface area contributed by atoms with Crippen molar-refractivity contribution < 1.29 is 18.5 Å². The normalized spacial score (nSPS) is 14.1. The molecule has 0 fully saturated rings. The molecule has 0 aromatic heterocycles. The largest absolute Gasteiger partial charge is 0.478 e. The number of halogens is 1. The predicted octanol–water partition coefficient (Wildman–Crippen LogP) is 1.77. The number of carboxylic acid groups (broad SMARTS) is 1. The van der Waals surface area contributed by atoms with Crippen molar-refractivity contribution in [1.29, 1.82) is 0 Å². The Morgan fingerprint density at radius 1 is 1.53 bits per heavy atom. The van der Waals surface area contributed by atoms with Gasteiger partial charge in [-0.2, -0.15) is 0 Å². The Hall–Kier alpha value is -1.27. The van der Waals surface area contributed by atoms with Crippen molar-refractivity contribution in [3.05, 3.63) is 35.1 Å². The number of nitrogens with one attached hydrogen (secondary N) is 1. The Labute approximate surface area is 114 Å². The van der Waals surface area contributed by atoms with Gasteiger partial charge in [-0.25, -0.2) is 9.18 Å².